The van der Waals surface area contributed by atoms with E-state index < -0.39 is 0 Å². The van der Waals surface area contributed by atoms with Crippen molar-refractivity contribution in [2.75, 3.05) is 51.6 Å². The third-order valence-corrected chi connectivity index (χ3v) is 4.17. The minimum absolute atomic E-state index is 1.07. The summed E-state index contributed by atoms with van der Waals surface area (Å²) in [4.78, 5) is 4.98. The summed E-state index contributed by atoms with van der Waals surface area (Å²) >= 11 is 0. The Kier molecular flexibility index (Phi) is 5.23. The van der Waals surface area contributed by atoms with Gasteiger partial charge in [0.2, 0.25) is 0 Å². The van der Waals surface area contributed by atoms with Gasteiger partial charge in [0.05, 0.1) is 0 Å². The van der Waals surface area contributed by atoms with E-state index in [2.05, 4.69) is 54.2 Å². The van der Waals surface area contributed by atoms with Gasteiger partial charge >= 0.3 is 0 Å². The number of rotatable bonds is 5. The third kappa shape index (κ3) is 4.22. The van der Waals surface area contributed by atoms with Crippen LogP contribution in [0, 0.1) is 13.8 Å². The van der Waals surface area contributed by atoms with Gasteiger partial charge in [-0.25, -0.2) is 0 Å². The predicted molar refractivity (Wildman–Crippen MR) is 83.0 cm³/mol. The Bertz CT molecular complexity index is 395. The molecule has 3 heteroatoms. The van der Waals surface area contributed by atoms with E-state index in [1.165, 1.54) is 56.0 Å². The molecular weight excluding hydrogens is 234 g/mol. The summed E-state index contributed by atoms with van der Waals surface area (Å²) in [6.45, 7) is 11.5. The van der Waals surface area contributed by atoms with Crippen molar-refractivity contribution in [1.29, 1.82) is 0 Å². The molecule has 1 heterocycles. The number of likely N-dealkylation sites (N-methyl/N-ethyl adjacent to an activating group) is 1. The lowest BCUT2D eigenvalue weighted by Gasteiger charge is -2.32. The van der Waals surface area contributed by atoms with Crippen molar-refractivity contribution in [2.24, 2.45) is 0 Å². The highest BCUT2D eigenvalue weighted by molar-refractivity contribution is 5.53. The normalized spacial score (nSPS) is 17.6. The topological polar surface area (TPSA) is 18.5 Å². The number of hydrogen-bond donors (Lipinski definition) is 1. The molecule has 106 valence electrons. The smallest absolute Gasteiger partial charge is 0.0372 e. The van der Waals surface area contributed by atoms with E-state index in [4.69, 9.17) is 0 Å². The van der Waals surface area contributed by atoms with Crippen molar-refractivity contribution in [2.45, 2.75) is 20.3 Å². The zero-order valence-corrected chi connectivity index (χ0v) is 12.6. The second-order valence-electron chi connectivity index (χ2n) is 5.67. The Balaban J connectivity index is 1.68. The van der Waals surface area contributed by atoms with Crippen molar-refractivity contribution in [3.63, 3.8) is 0 Å². The number of anilines is 1. The average Bonchev–Trinajstić information content (AvgIpc) is 2.41. The van der Waals surface area contributed by atoms with E-state index in [0.29, 0.717) is 0 Å². The van der Waals surface area contributed by atoms with Crippen LogP contribution in [0.2, 0.25) is 0 Å². The number of piperazine rings is 1. The van der Waals surface area contributed by atoms with Crippen molar-refractivity contribution in [1.82, 2.24) is 9.80 Å². The van der Waals surface area contributed by atoms with Gasteiger partial charge in [-0.15, -0.1) is 0 Å². The molecule has 0 atom stereocenters. The van der Waals surface area contributed by atoms with Crippen molar-refractivity contribution in [3.05, 3.63) is 29.3 Å². The van der Waals surface area contributed by atoms with Crippen LogP contribution in [0.25, 0.3) is 0 Å². The minimum Gasteiger partial charge on any atom is -0.385 e. The third-order valence-electron chi connectivity index (χ3n) is 4.17. The quantitative estimate of drug-likeness (QED) is 0.821. The van der Waals surface area contributed by atoms with E-state index in [9.17, 15) is 0 Å². The summed E-state index contributed by atoms with van der Waals surface area (Å²) in [6.07, 6.45) is 1.22. The van der Waals surface area contributed by atoms with E-state index in [0.717, 1.165) is 6.54 Å². The van der Waals surface area contributed by atoms with Gasteiger partial charge in [-0.1, -0.05) is 12.1 Å². The van der Waals surface area contributed by atoms with E-state index in [1.807, 2.05) is 0 Å². The number of nitrogens with one attached hydrogen (secondary N) is 1. The van der Waals surface area contributed by atoms with Gasteiger partial charge in [-0.3, -0.25) is 0 Å². The highest BCUT2D eigenvalue weighted by atomic mass is 15.2. The highest BCUT2D eigenvalue weighted by Gasteiger charge is 2.12. The van der Waals surface area contributed by atoms with Crippen LogP contribution in [-0.4, -0.2) is 56.1 Å². The molecular formula is C16H27N3. The first kappa shape index (κ1) is 14.4. The second kappa shape index (κ2) is 6.92. The SMILES string of the molecule is Cc1cccc(NCCCN2CCN(C)CC2)c1C. The molecule has 0 spiro atoms. The fourth-order valence-corrected chi connectivity index (χ4v) is 2.54. The molecule has 1 aliphatic rings. The molecule has 0 unspecified atom stereocenters. The monoisotopic (exact) mass is 261 g/mol. The molecule has 1 aromatic carbocycles. The van der Waals surface area contributed by atoms with Crippen LogP contribution in [0.3, 0.4) is 0 Å². The molecule has 1 saturated heterocycles. The minimum atomic E-state index is 1.07. The Morgan fingerprint density at radius 3 is 2.58 bits per heavy atom. The summed E-state index contributed by atoms with van der Waals surface area (Å²) in [7, 11) is 2.21. The molecule has 3 nitrogen and oxygen atoms in total. The molecule has 19 heavy (non-hydrogen) atoms. The molecule has 1 fully saturated rings. The molecule has 0 saturated carbocycles. The van der Waals surface area contributed by atoms with Gasteiger partial charge in [0, 0.05) is 38.4 Å². The second-order valence-corrected chi connectivity index (χ2v) is 5.67. The Labute approximate surface area is 117 Å². The molecule has 0 radical (unpaired) electrons. The predicted octanol–water partition coefficient (Wildman–Crippen LogP) is 2.35. The average molecular weight is 261 g/mol. The van der Waals surface area contributed by atoms with E-state index in [-0.39, 0.29) is 0 Å². The maximum Gasteiger partial charge on any atom is 0.0372 e. The van der Waals surface area contributed by atoms with Gasteiger partial charge in [0.15, 0.2) is 0 Å². The summed E-state index contributed by atoms with van der Waals surface area (Å²) < 4.78 is 0. The molecule has 2 rings (SSSR count). The standard InChI is InChI=1S/C16H27N3/c1-14-6-4-7-16(15(14)2)17-8-5-9-19-12-10-18(3)11-13-19/h4,6-7,17H,5,8-13H2,1-3H3. The van der Waals surface area contributed by atoms with E-state index >= 15 is 0 Å². The van der Waals surface area contributed by atoms with Gasteiger partial charge < -0.3 is 15.1 Å². The summed E-state index contributed by atoms with van der Waals surface area (Å²) in [5.74, 6) is 0. The lowest BCUT2D eigenvalue weighted by atomic mass is 10.1. The number of aryl methyl sites for hydroxylation is 1. The number of nitrogens with zero attached hydrogens (tertiary/aromatic N) is 2. The Morgan fingerprint density at radius 1 is 1.11 bits per heavy atom. The zero-order valence-electron chi connectivity index (χ0n) is 12.6. The summed E-state index contributed by atoms with van der Waals surface area (Å²) in [6, 6.07) is 6.48. The zero-order chi connectivity index (χ0) is 13.7. The maximum absolute atomic E-state index is 3.57. The lowest BCUT2D eigenvalue weighted by molar-refractivity contribution is 0.154. The van der Waals surface area contributed by atoms with Crippen LogP contribution in [0.5, 0.6) is 0 Å². The van der Waals surface area contributed by atoms with E-state index in [1.54, 1.807) is 0 Å². The van der Waals surface area contributed by atoms with Crippen LogP contribution < -0.4 is 5.32 Å². The molecule has 0 bridgehead atoms. The highest BCUT2D eigenvalue weighted by Crippen LogP contribution is 2.17. The Hall–Kier alpha value is -1.06. The lowest BCUT2D eigenvalue weighted by Crippen LogP contribution is -2.44. The van der Waals surface area contributed by atoms with Crippen LogP contribution in [-0.2, 0) is 0 Å². The van der Waals surface area contributed by atoms with Gasteiger partial charge in [0.25, 0.3) is 0 Å². The van der Waals surface area contributed by atoms with Crippen LogP contribution in [0.1, 0.15) is 17.5 Å². The molecule has 0 aliphatic carbocycles. The van der Waals surface area contributed by atoms with Gasteiger partial charge in [-0.05, 0) is 51.1 Å². The maximum atomic E-state index is 3.57. The van der Waals surface area contributed by atoms with Crippen LogP contribution in [0.4, 0.5) is 5.69 Å². The summed E-state index contributed by atoms with van der Waals surface area (Å²) in [5, 5.41) is 3.57. The van der Waals surface area contributed by atoms with Crippen molar-refractivity contribution >= 4 is 5.69 Å². The molecule has 1 aromatic rings. The molecule has 0 amide bonds. The number of benzene rings is 1. The first-order valence-corrected chi connectivity index (χ1v) is 7.38. The first-order valence-electron chi connectivity index (χ1n) is 7.38. The van der Waals surface area contributed by atoms with Gasteiger partial charge in [0.1, 0.15) is 0 Å². The van der Waals surface area contributed by atoms with Crippen LogP contribution >= 0.6 is 0 Å². The first-order chi connectivity index (χ1) is 9.16. The van der Waals surface area contributed by atoms with Gasteiger partial charge in [-0.2, -0.15) is 0 Å². The summed E-state index contributed by atoms with van der Waals surface area (Å²) in [5.41, 5.74) is 4.03. The Morgan fingerprint density at radius 2 is 1.84 bits per heavy atom. The largest absolute Gasteiger partial charge is 0.385 e. The molecule has 0 aromatic heterocycles. The van der Waals surface area contributed by atoms with Crippen molar-refractivity contribution < 1.29 is 0 Å². The molecule has 1 aliphatic heterocycles. The van der Waals surface area contributed by atoms with Crippen LogP contribution in [0.15, 0.2) is 18.2 Å². The fourth-order valence-electron chi connectivity index (χ4n) is 2.54. The van der Waals surface area contributed by atoms with Crippen molar-refractivity contribution in [3.8, 4) is 0 Å². The fraction of sp³-hybridized carbons (Fsp3) is 0.625. The molecule has 1 N–H and O–H groups in total. The number of hydrogen-bond acceptors (Lipinski definition) is 3.